The smallest absolute Gasteiger partial charge is 0.426 e. The number of carbonyl (C=O) groups excluding carboxylic acids is 2. The molecular formula is C57H84ClN25O8. The number of nitrogens with two attached hydrogens (primary N) is 4. The molecule has 8 aromatic rings. The summed E-state index contributed by atoms with van der Waals surface area (Å²) in [6.07, 6.45) is 3.69. The summed E-state index contributed by atoms with van der Waals surface area (Å²) in [5, 5.41) is 15.1. The number of halogens is 1. The normalized spacial score (nSPS) is 13.9. The maximum atomic E-state index is 12.0. The molecule has 33 nitrogen and oxygen atoms in total. The number of fused-ring (bicyclic) bond motifs is 3. The second-order valence-corrected chi connectivity index (χ2v) is 23.1. The Morgan fingerprint density at radius 2 is 0.846 bits per heavy atom. The van der Waals surface area contributed by atoms with Crippen molar-refractivity contribution < 1.29 is 38.0 Å². The molecule has 0 unspecified atom stereocenters. The zero-order valence-electron chi connectivity index (χ0n) is 52.7. The number of aromatic nitrogens is 12. The molecule has 13 N–H and O–H groups in total. The zero-order valence-corrected chi connectivity index (χ0v) is 53.4. The van der Waals surface area contributed by atoms with Crippen LogP contribution in [0, 0.1) is 0 Å². The summed E-state index contributed by atoms with van der Waals surface area (Å²) in [7, 11) is 3.33. The third-order valence-electron chi connectivity index (χ3n) is 13.9. The summed E-state index contributed by atoms with van der Waals surface area (Å²) in [6.45, 7) is 24.1. The lowest BCUT2D eigenvalue weighted by Crippen LogP contribution is -2.47. The largest absolute Gasteiger partial charge is 0.491 e. The van der Waals surface area contributed by atoms with Crippen LogP contribution in [0.5, 0.6) is 11.5 Å². The molecule has 10 rings (SSSR count). The number of anilines is 8. The number of benzene rings is 2. The van der Waals surface area contributed by atoms with Crippen LogP contribution in [-0.2, 0) is 38.6 Å². The van der Waals surface area contributed by atoms with Crippen LogP contribution in [0.15, 0.2) is 67.1 Å². The van der Waals surface area contributed by atoms with E-state index in [0.717, 1.165) is 88.9 Å². The van der Waals surface area contributed by atoms with Crippen LogP contribution >= 0.6 is 11.6 Å². The number of piperazine rings is 2. The molecule has 8 heterocycles. The number of carbonyl (C=O) groups is 2. The Balaban J connectivity index is 0.000000182. The fourth-order valence-corrected chi connectivity index (χ4v) is 9.70. The first-order valence-corrected chi connectivity index (χ1v) is 30.1. The van der Waals surface area contributed by atoms with Gasteiger partial charge in [0.05, 0.1) is 67.6 Å². The Morgan fingerprint density at radius 1 is 0.495 bits per heavy atom. The van der Waals surface area contributed by atoms with Crippen molar-refractivity contribution in [2.24, 2.45) is 5.84 Å². The standard InChI is InChI=1S/C25H37N9O4.C20H29N9O2.C12H18ClN7O2/c1-25(2,3)38-24(35)31-30-21-20-17-27-34(22(20)29-23(26)28-21)14-11-32-9-12-33(13-10-32)18-5-7-19(8-6-18)37-16-15-36-4;1-30-12-13-31-16-4-2-15(3-5-16)28-9-6-27(7-10-28)8-11-29-19-17(14-23-29)18(26-22)24-20(21)25-19;1-12(2,3)22-11(21)19-18-8-7-6-15-20(5-4-13)9(7)17-10(14)16-8/h5-8,17H,9-16H2,1-4H3,(H,31,35)(H3,26,28,29,30);2-5,14H,6-13,22H2,1H3,(H3,21,24,25,26);6H,4-5H2,1-3H3,(H,19,21)(H3,14,16,17,18). The van der Waals surface area contributed by atoms with Crippen molar-refractivity contribution in [2.45, 2.75) is 72.4 Å². The van der Waals surface area contributed by atoms with Gasteiger partial charge < -0.3 is 60.8 Å². The highest BCUT2D eigenvalue weighted by atomic mass is 35.5. The Kier molecular flexibility index (Phi) is 23.7. The fourth-order valence-electron chi connectivity index (χ4n) is 9.54. The Labute approximate surface area is 531 Å². The lowest BCUT2D eigenvalue weighted by Gasteiger charge is -2.36. The van der Waals surface area contributed by atoms with E-state index in [0.29, 0.717) is 90.6 Å². The van der Waals surface area contributed by atoms with E-state index in [-0.39, 0.29) is 17.8 Å². The fraction of sp³-hybridized carbons (Fsp3) is 0.491. The van der Waals surface area contributed by atoms with Crippen molar-refractivity contribution in [1.29, 1.82) is 0 Å². The summed E-state index contributed by atoms with van der Waals surface area (Å²) in [6, 6.07) is 16.4. The van der Waals surface area contributed by atoms with Crippen molar-refractivity contribution in [3.8, 4) is 11.5 Å². The minimum absolute atomic E-state index is 0.0531. The predicted molar refractivity (Wildman–Crippen MR) is 349 cm³/mol. The first-order chi connectivity index (χ1) is 43.7. The number of nitrogens with one attached hydrogen (secondary N) is 5. The van der Waals surface area contributed by atoms with E-state index in [1.165, 1.54) is 11.4 Å². The zero-order chi connectivity index (χ0) is 65.1. The molecule has 34 heteroatoms. The maximum Gasteiger partial charge on any atom is 0.426 e. The molecule has 0 bridgehead atoms. The van der Waals surface area contributed by atoms with Crippen LogP contribution in [-0.4, -0.2) is 204 Å². The second-order valence-electron chi connectivity index (χ2n) is 22.8. The van der Waals surface area contributed by atoms with Gasteiger partial charge in [0.25, 0.3) is 0 Å². The number of alkyl halides is 1. The van der Waals surface area contributed by atoms with Crippen LogP contribution in [0.25, 0.3) is 33.1 Å². The molecule has 2 aromatic carbocycles. The molecule has 0 aliphatic carbocycles. The molecule has 2 fully saturated rings. The van der Waals surface area contributed by atoms with Crippen molar-refractivity contribution in [2.75, 3.05) is 155 Å². The number of nitrogen functional groups attached to an aromatic ring is 4. The van der Waals surface area contributed by atoms with Gasteiger partial charge in [-0.2, -0.15) is 45.2 Å². The van der Waals surface area contributed by atoms with E-state index in [2.05, 4.69) is 116 Å². The summed E-state index contributed by atoms with van der Waals surface area (Å²) in [5.41, 5.74) is 33.3. The topological polar surface area (TPSA) is 398 Å². The van der Waals surface area contributed by atoms with E-state index < -0.39 is 23.4 Å². The monoisotopic (exact) mass is 1280 g/mol. The quantitative estimate of drug-likeness (QED) is 0.0188. The maximum absolute atomic E-state index is 12.0. The number of amides is 2. The van der Waals surface area contributed by atoms with Gasteiger partial charge in [-0.1, -0.05) is 0 Å². The van der Waals surface area contributed by atoms with Crippen LogP contribution in [0.1, 0.15) is 41.5 Å². The first-order valence-electron chi connectivity index (χ1n) is 29.6. The van der Waals surface area contributed by atoms with Gasteiger partial charge in [0.1, 0.15) is 35.9 Å². The van der Waals surface area contributed by atoms with Gasteiger partial charge in [-0.3, -0.25) is 20.7 Å². The van der Waals surface area contributed by atoms with Gasteiger partial charge in [-0.05, 0) is 90.1 Å². The molecule has 0 saturated carbocycles. The number of rotatable bonds is 23. The summed E-state index contributed by atoms with van der Waals surface area (Å²) < 4.78 is 37.0. The summed E-state index contributed by atoms with van der Waals surface area (Å²) in [4.78, 5) is 58.4. The highest BCUT2D eigenvalue weighted by Gasteiger charge is 2.23. The molecule has 2 saturated heterocycles. The third kappa shape index (κ3) is 19.9. The van der Waals surface area contributed by atoms with Gasteiger partial charge in [0.2, 0.25) is 17.8 Å². The number of hydrogen-bond acceptors (Lipinski definition) is 28. The molecular weight excluding hydrogens is 1200 g/mol. The summed E-state index contributed by atoms with van der Waals surface area (Å²) in [5.74, 6) is 9.09. The number of hydrazine groups is 3. The van der Waals surface area contributed by atoms with Crippen LogP contribution in [0.3, 0.4) is 0 Å². The second kappa shape index (κ2) is 31.9. The number of hydrogen-bond donors (Lipinski definition) is 9. The van der Waals surface area contributed by atoms with Crippen molar-refractivity contribution in [3.63, 3.8) is 0 Å². The SMILES string of the molecule is CC(C)(C)OC(=O)NNc1nc(N)nc2c1cnn2CCCl.COCCOc1ccc(N2CCN(CCn3ncc4c(NN)nc(N)nc43)CC2)cc1.COCCOc1ccc(N2CCN(CCn3ncc4c(NNC(=O)OC(C)(C)C)nc(N)nc43)CC2)cc1. The molecule has 2 aliphatic heterocycles. The van der Waals surface area contributed by atoms with Crippen molar-refractivity contribution >= 4 is 104 Å². The number of nitrogens with zero attached hydrogens (tertiary/aromatic N) is 16. The minimum atomic E-state index is -0.633. The van der Waals surface area contributed by atoms with Crippen molar-refractivity contribution in [1.82, 2.24) is 79.9 Å². The Bertz CT molecular complexity index is 3600. The Hall–Kier alpha value is -9.28. The molecule has 0 radical (unpaired) electrons. The Morgan fingerprint density at radius 3 is 1.19 bits per heavy atom. The molecule has 2 amide bonds. The van der Waals surface area contributed by atoms with Gasteiger partial charge in [0.15, 0.2) is 34.4 Å². The number of ether oxygens (including phenoxy) is 6. The molecule has 0 spiro atoms. The average molecular weight is 1280 g/mol. The lowest BCUT2D eigenvalue weighted by molar-refractivity contribution is 0.0529. The van der Waals surface area contributed by atoms with Gasteiger partial charge in [-0.15, -0.1) is 11.6 Å². The van der Waals surface area contributed by atoms with Crippen LogP contribution in [0.2, 0.25) is 0 Å². The molecule has 2 aliphatic rings. The van der Waals surface area contributed by atoms with E-state index in [4.69, 9.17) is 63.1 Å². The van der Waals surface area contributed by atoms with Gasteiger partial charge in [-0.25, -0.2) is 40.3 Å². The van der Waals surface area contributed by atoms with E-state index in [1.807, 2.05) is 28.9 Å². The number of methoxy groups -OCH3 is 2. The average Bonchev–Trinajstić information content (AvgIpc) is 1.72. The van der Waals surface area contributed by atoms with E-state index >= 15 is 0 Å². The molecule has 492 valence electrons. The highest BCUT2D eigenvalue weighted by molar-refractivity contribution is 6.17. The van der Waals surface area contributed by atoms with Crippen LogP contribution < -0.4 is 69.4 Å². The first kappa shape index (κ1) is 67.6. The van der Waals surface area contributed by atoms with Crippen molar-refractivity contribution in [3.05, 3.63) is 67.1 Å². The molecule has 91 heavy (non-hydrogen) atoms. The number of aryl methyl sites for hydroxylation is 1. The van der Waals surface area contributed by atoms with Gasteiger partial charge >= 0.3 is 12.2 Å². The van der Waals surface area contributed by atoms with E-state index in [1.54, 1.807) is 83.7 Å². The van der Waals surface area contributed by atoms with Gasteiger partial charge in [0, 0.05) is 96.9 Å². The third-order valence-corrected chi connectivity index (χ3v) is 14.0. The van der Waals surface area contributed by atoms with E-state index in [9.17, 15) is 9.59 Å². The summed E-state index contributed by atoms with van der Waals surface area (Å²) >= 11 is 5.71. The minimum Gasteiger partial charge on any atom is -0.491 e. The molecule has 6 aromatic heterocycles. The highest BCUT2D eigenvalue weighted by Crippen LogP contribution is 2.26. The predicted octanol–water partition coefficient (Wildman–Crippen LogP) is 4.15. The van der Waals surface area contributed by atoms with Crippen LogP contribution in [0.4, 0.5) is 56.3 Å². The lowest BCUT2D eigenvalue weighted by atomic mass is 10.2. The molecule has 0 atom stereocenters.